The summed E-state index contributed by atoms with van der Waals surface area (Å²) in [6.07, 6.45) is 0.389. The van der Waals surface area contributed by atoms with Gasteiger partial charge in [-0.3, -0.25) is 9.69 Å². The molecule has 7 heteroatoms. The van der Waals surface area contributed by atoms with E-state index >= 15 is 0 Å². The zero-order chi connectivity index (χ0) is 14.0. The van der Waals surface area contributed by atoms with Gasteiger partial charge in [0.2, 0.25) is 0 Å². The van der Waals surface area contributed by atoms with Crippen molar-refractivity contribution >= 4 is 5.91 Å². The Morgan fingerprint density at radius 3 is 2.22 bits per heavy atom. The summed E-state index contributed by atoms with van der Waals surface area (Å²) in [6, 6.07) is 0. The summed E-state index contributed by atoms with van der Waals surface area (Å²) in [5, 5.41) is 0. The second-order valence-electron chi connectivity index (χ2n) is 4.47. The number of carbonyl (C=O) groups excluding carboxylic acids is 1. The van der Waals surface area contributed by atoms with Crippen LogP contribution in [0.1, 0.15) is 6.92 Å². The van der Waals surface area contributed by atoms with Crippen LogP contribution in [0.3, 0.4) is 0 Å². The largest absolute Gasteiger partial charge is 0.415 e. The van der Waals surface area contributed by atoms with Crippen LogP contribution in [0.2, 0.25) is 0 Å². The molecule has 1 aliphatic rings. The predicted molar refractivity (Wildman–Crippen MR) is 60.5 cm³/mol. The third-order valence-electron chi connectivity index (χ3n) is 3.01. The van der Waals surface area contributed by atoms with E-state index in [1.54, 1.807) is 0 Å². The molecule has 0 radical (unpaired) electrons. The van der Waals surface area contributed by atoms with Crippen LogP contribution in [0, 0.1) is 12.3 Å². The molecule has 1 rings (SSSR count). The number of nitrogens with zero attached hydrogens (tertiary/aromatic N) is 2. The van der Waals surface area contributed by atoms with Gasteiger partial charge in [-0.05, 0) is 6.92 Å². The molecule has 1 atom stereocenters. The molecule has 0 aromatic carbocycles. The summed E-state index contributed by atoms with van der Waals surface area (Å²) in [7, 11) is 0. The predicted octanol–water partition coefficient (Wildman–Crippen LogP) is 0.0435. The van der Waals surface area contributed by atoms with Crippen LogP contribution in [0.25, 0.3) is 0 Å². The smallest absolute Gasteiger partial charge is 0.338 e. The maximum Gasteiger partial charge on any atom is 0.415 e. The molecule has 0 aromatic rings. The number of halogens is 3. The summed E-state index contributed by atoms with van der Waals surface area (Å²) in [5.74, 6) is 1.37. The Bertz CT molecular complexity index is 352. The highest BCUT2D eigenvalue weighted by Gasteiger charge is 2.55. The summed E-state index contributed by atoms with van der Waals surface area (Å²) in [4.78, 5) is 14.8. The maximum absolute atomic E-state index is 12.6. The summed E-state index contributed by atoms with van der Waals surface area (Å²) in [6.45, 7) is 2.48. The monoisotopic (exact) mass is 263 g/mol. The van der Waals surface area contributed by atoms with E-state index < -0.39 is 17.6 Å². The van der Waals surface area contributed by atoms with Crippen molar-refractivity contribution < 1.29 is 18.0 Å². The van der Waals surface area contributed by atoms with E-state index in [-0.39, 0.29) is 13.1 Å². The van der Waals surface area contributed by atoms with E-state index in [1.165, 1.54) is 0 Å². The minimum absolute atomic E-state index is 0.212. The van der Waals surface area contributed by atoms with Crippen molar-refractivity contribution in [1.82, 2.24) is 9.80 Å². The molecule has 1 aliphatic heterocycles. The Morgan fingerprint density at radius 2 is 1.83 bits per heavy atom. The molecule has 18 heavy (non-hydrogen) atoms. The molecule has 1 fully saturated rings. The normalized spacial score (nSPS) is 21.2. The standard InChI is InChI=1S/C11H16F3N3O/c1-3-4-16-5-7-17(8-6-16)9(18)10(2,15)11(12,13)14/h1H,4-8,15H2,2H3. The van der Waals surface area contributed by atoms with Gasteiger partial charge in [-0.2, -0.15) is 13.2 Å². The van der Waals surface area contributed by atoms with Crippen molar-refractivity contribution in [2.24, 2.45) is 5.73 Å². The van der Waals surface area contributed by atoms with Crippen LogP contribution < -0.4 is 5.73 Å². The average Bonchev–Trinajstić information content (AvgIpc) is 2.28. The summed E-state index contributed by atoms with van der Waals surface area (Å²) in [5.41, 5.74) is 2.27. The van der Waals surface area contributed by atoms with Crippen LogP contribution in [0.15, 0.2) is 0 Å². The van der Waals surface area contributed by atoms with Gasteiger partial charge in [0.1, 0.15) is 0 Å². The molecule has 0 aliphatic carbocycles. The van der Waals surface area contributed by atoms with Gasteiger partial charge in [-0.25, -0.2) is 0 Å². The Hall–Kier alpha value is -1.26. The highest BCUT2D eigenvalue weighted by molar-refractivity contribution is 5.86. The van der Waals surface area contributed by atoms with Crippen LogP contribution >= 0.6 is 0 Å². The van der Waals surface area contributed by atoms with Crippen molar-refractivity contribution in [3.05, 3.63) is 0 Å². The second-order valence-corrected chi connectivity index (χ2v) is 4.47. The van der Waals surface area contributed by atoms with Gasteiger partial charge < -0.3 is 10.6 Å². The number of alkyl halides is 3. The number of amides is 1. The topological polar surface area (TPSA) is 49.6 Å². The highest BCUT2D eigenvalue weighted by Crippen LogP contribution is 2.29. The average molecular weight is 263 g/mol. The Labute approximate surface area is 104 Å². The fourth-order valence-corrected chi connectivity index (χ4v) is 1.69. The SMILES string of the molecule is C#CCN1CCN(C(=O)C(C)(N)C(F)(F)F)CC1. The van der Waals surface area contributed by atoms with Gasteiger partial charge >= 0.3 is 6.18 Å². The van der Waals surface area contributed by atoms with E-state index in [4.69, 9.17) is 12.2 Å². The molecule has 0 bridgehead atoms. The van der Waals surface area contributed by atoms with Crippen LogP contribution in [-0.4, -0.2) is 60.1 Å². The minimum Gasteiger partial charge on any atom is -0.338 e. The first-order valence-electron chi connectivity index (χ1n) is 5.51. The Morgan fingerprint density at radius 1 is 1.33 bits per heavy atom. The summed E-state index contributed by atoms with van der Waals surface area (Å²) < 4.78 is 37.9. The Balaban J connectivity index is 2.64. The van der Waals surface area contributed by atoms with Gasteiger partial charge in [0, 0.05) is 26.2 Å². The van der Waals surface area contributed by atoms with E-state index in [0.29, 0.717) is 26.6 Å². The molecule has 0 aromatic heterocycles. The van der Waals surface area contributed by atoms with Crippen LogP contribution in [0.5, 0.6) is 0 Å². The number of terminal acetylenes is 1. The maximum atomic E-state index is 12.6. The van der Waals surface area contributed by atoms with Crippen molar-refractivity contribution in [2.45, 2.75) is 18.6 Å². The molecule has 0 saturated carbocycles. The zero-order valence-electron chi connectivity index (χ0n) is 10.1. The number of carbonyl (C=O) groups is 1. The number of rotatable bonds is 2. The number of piperazine rings is 1. The summed E-state index contributed by atoms with van der Waals surface area (Å²) >= 11 is 0. The van der Waals surface area contributed by atoms with E-state index in [0.717, 1.165) is 4.90 Å². The van der Waals surface area contributed by atoms with Crippen LogP contribution in [0.4, 0.5) is 13.2 Å². The van der Waals surface area contributed by atoms with Gasteiger partial charge in [0.25, 0.3) is 5.91 Å². The highest BCUT2D eigenvalue weighted by atomic mass is 19.4. The molecular weight excluding hydrogens is 247 g/mol. The van der Waals surface area contributed by atoms with E-state index in [1.807, 2.05) is 4.90 Å². The van der Waals surface area contributed by atoms with E-state index in [9.17, 15) is 18.0 Å². The van der Waals surface area contributed by atoms with Crippen molar-refractivity contribution in [3.63, 3.8) is 0 Å². The first-order chi connectivity index (χ1) is 8.20. The number of nitrogens with two attached hydrogens (primary N) is 1. The molecule has 1 heterocycles. The fourth-order valence-electron chi connectivity index (χ4n) is 1.69. The molecule has 1 saturated heterocycles. The zero-order valence-corrected chi connectivity index (χ0v) is 10.1. The minimum atomic E-state index is -4.75. The van der Waals surface area contributed by atoms with Gasteiger partial charge in [0.15, 0.2) is 5.54 Å². The number of hydrogen-bond donors (Lipinski definition) is 1. The van der Waals surface area contributed by atoms with Crippen LogP contribution in [-0.2, 0) is 4.79 Å². The van der Waals surface area contributed by atoms with Crippen molar-refractivity contribution in [1.29, 1.82) is 0 Å². The number of hydrogen-bond acceptors (Lipinski definition) is 3. The molecular formula is C11H16F3N3O. The lowest BCUT2D eigenvalue weighted by molar-refractivity contribution is -0.194. The van der Waals surface area contributed by atoms with Gasteiger partial charge in [0.05, 0.1) is 6.54 Å². The third-order valence-corrected chi connectivity index (χ3v) is 3.01. The van der Waals surface area contributed by atoms with Gasteiger partial charge in [-0.1, -0.05) is 5.92 Å². The van der Waals surface area contributed by atoms with Crippen molar-refractivity contribution in [2.75, 3.05) is 32.7 Å². The second kappa shape index (κ2) is 5.16. The lowest BCUT2D eigenvalue weighted by atomic mass is 10.0. The third kappa shape index (κ3) is 2.94. The molecule has 102 valence electrons. The molecule has 4 nitrogen and oxygen atoms in total. The van der Waals surface area contributed by atoms with Crippen molar-refractivity contribution in [3.8, 4) is 12.3 Å². The quantitative estimate of drug-likeness (QED) is 0.716. The molecule has 1 amide bonds. The lowest BCUT2D eigenvalue weighted by Crippen LogP contribution is -2.64. The Kier molecular flexibility index (Phi) is 4.24. The molecule has 0 spiro atoms. The lowest BCUT2D eigenvalue weighted by Gasteiger charge is -2.38. The molecule has 1 unspecified atom stereocenters. The fraction of sp³-hybridized carbons (Fsp3) is 0.727. The van der Waals surface area contributed by atoms with Gasteiger partial charge in [-0.15, -0.1) is 6.42 Å². The first-order valence-corrected chi connectivity index (χ1v) is 5.51. The molecule has 2 N–H and O–H groups in total. The first kappa shape index (κ1) is 14.8. The van der Waals surface area contributed by atoms with E-state index in [2.05, 4.69) is 5.92 Å².